The van der Waals surface area contributed by atoms with E-state index in [1.54, 1.807) is 0 Å². The molecule has 1 saturated carbocycles. The maximum absolute atomic E-state index is 6.06. The van der Waals surface area contributed by atoms with Gasteiger partial charge in [-0.2, -0.15) is 5.10 Å². The number of aromatic nitrogens is 2. The second kappa shape index (κ2) is 4.88. The van der Waals surface area contributed by atoms with Crippen LogP contribution in [0.2, 0.25) is 0 Å². The van der Waals surface area contributed by atoms with Gasteiger partial charge < -0.3 is 4.74 Å². The van der Waals surface area contributed by atoms with Crippen LogP contribution in [0.15, 0.2) is 12.4 Å². The van der Waals surface area contributed by atoms with Crippen LogP contribution in [0.25, 0.3) is 0 Å². The van der Waals surface area contributed by atoms with E-state index < -0.39 is 0 Å². The molecule has 1 aliphatic heterocycles. The maximum atomic E-state index is 6.06. The van der Waals surface area contributed by atoms with Gasteiger partial charge in [0, 0.05) is 16.2 Å². The molecule has 3 atom stereocenters. The van der Waals surface area contributed by atoms with E-state index in [1.807, 2.05) is 6.20 Å². The highest BCUT2D eigenvalue weighted by Gasteiger charge is 2.30. The predicted molar refractivity (Wildman–Crippen MR) is 75.4 cm³/mol. The van der Waals surface area contributed by atoms with Crippen LogP contribution < -0.4 is 0 Å². The van der Waals surface area contributed by atoms with Crippen LogP contribution in [-0.4, -0.2) is 20.3 Å². The number of halogens is 1. The molecular formula is C13H19IN2O. The van der Waals surface area contributed by atoms with Gasteiger partial charge in [0.05, 0.1) is 24.4 Å². The first-order valence-electron chi connectivity index (χ1n) is 6.51. The number of ether oxygens (including phenoxy) is 1. The Hall–Kier alpha value is -0.100. The van der Waals surface area contributed by atoms with Crippen LogP contribution in [0, 0.1) is 5.92 Å². The Morgan fingerprint density at radius 3 is 3.00 bits per heavy atom. The third-order valence-electron chi connectivity index (χ3n) is 3.74. The Labute approximate surface area is 116 Å². The van der Waals surface area contributed by atoms with Crippen molar-refractivity contribution in [2.45, 2.75) is 50.9 Å². The summed E-state index contributed by atoms with van der Waals surface area (Å²) in [6.07, 6.45) is 9.80. The van der Waals surface area contributed by atoms with Gasteiger partial charge in [-0.15, -0.1) is 0 Å². The molecule has 3 nitrogen and oxygen atoms in total. The molecule has 0 radical (unpaired) electrons. The van der Waals surface area contributed by atoms with E-state index in [0.717, 1.165) is 12.3 Å². The summed E-state index contributed by atoms with van der Waals surface area (Å²) >= 11 is 2.50. The standard InChI is InChI=1S/C13H19IN2O/c1-9-4-10(6-14)5-13(17-9)11-7-15-16(8-11)12-2-3-12/h7-10,12-13H,2-6H2,1H3. The molecule has 94 valence electrons. The van der Waals surface area contributed by atoms with Gasteiger partial charge in [-0.3, -0.25) is 4.68 Å². The van der Waals surface area contributed by atoms with Gasteiger partial charge in [0.2, 0.25) is 0 Å². The summed E-state index contributed by atoms with van der Waals surface area (Å²) in [6.45, 7) is 2.19. The summed E-state index contributed by atoms with van der Waals surface area (Å²) < 4.78 is 9.42. The van der Waals surface area contributed by atoms with Crippen molar-refractivity contribution in [3.63, 3.8) is 0 Å². The summed E-state index contributed by atoms with van der Waals surface area (Å²) in [4.78, 5) is 0. The van der Waals surface area contributed by atoms with Crippen LogP contribution >= 0.6 is 22.6 Å². The quantitative estimate of drug-likeness (QED) is 0.619. The van der Waals surface area contributed by atoms with Gasteiger partial charge in [0.1, 0.15) is 0 Å². The van der Waals surface area contributed by atoms with Crippen molar-refractivity contribution in [2.24, 2.45) is 5.92 Å². The fourth-order valence-corrected chi connectivity index (χ4v) is 3.38. The first kappa shape index (κ1) is 12.0. The average molecular weight is 346 g/mol. The second-order valence-electron chi connectivity index (χ2n) is 5.41. The molecule has 2 aliphatic rings. The molecule has 0 aromatic carbocycles. The number of hydrogen-bond donors (Lipinski definition) is 0. The third-order valence-corrected chi connectivity index (χ3v) is 4.99. The fraction of sp³-hybridized carbons (Fsp3) is 0.769. The lowest BCUT2D eigenvalue weighted by Gasteiger charge is -2.32. The lowest BCUT2D eigenvalue weighted by atomic mass is 9.92. The molecule has 1 saturated heterocycles. The number of hydrogen-bond acceptors (Lipinski definition) is 2. The molecular weight excluding hydrogens is 327 g/mol. The lowest BCUT2D eigenvalue weighted by molar-refractivity contribution is -0.0591. The van der Waals surface area contributed by atoms with Crippen molar-refractivity contribution in [1.29, 1.82) is 0 Å². The van der Waals surface area contributed by atoms with E-state index >= 15 is 0 Å². The minimum atomic E-state index is 0.269. The highest BCUT2D eigenvalue weighted by atomic mass is 127. The van der Waals surface area contributed by atoms with Crippen molar-refractivity contribution in [3.05, 3.63) is 18.0 Å². The molecule has 2 fully saturated rings. The molecule has 0 amide bonds. The summed E-state index contributed by atoms with van der Waals surface area (Å²) in [5.41, 5.74) is 1.28. The fourth-order valence-electron chi connectivity index (χ4n) is 2.66. The highest BCUT2D eigenvalue weighted by molar-refractivity contribution is 14.1. The first-order valence-corrected chi connectivity index (χ1v) is 8.04. The summed E-state index contributed by atoms with van der Waals surface area (Å²) in [5, 5.41) is 4.46. The van der Waals surface area contributed by atoms with Crippen LogP contribution in [0.1, 0.15) is 50.3 Å². The predicted octanol–water partition coefficient (Wildman–Crippen LogP) is 3.51. The third kappa shape index (κ3) is 2.67. The molecule has 3 unspecified atom stereocenters. The minimum absolute atomic E-state index is 0.269. The number of nitrogens with zero attached hydrogens (tertiary/aromatic N) is 2. The average Bonchev–Trinajstić information content (AvgIpc) is 3.06. The Morgan fingerprint density at radius 1 is 1.47 bits per heavy atom. The van der Waals surface area contributed by atoms with Crippen molar-refractivity contribution >= 4 is 22.6 Å². The van der Waals surface area contributed by atoms with Crippen LogP contribution in [0.4, 0.5) is 0 Å². The molecule has 3 rings (SSSR count). The smallest absolute Gasteiger partial charge is 0.0861 e. The molecule has 1 aromatic heterocycles. The maximum Gasteiger partial charge on any atom is 0.0861 e. The van der Waals surface area contributed by atoms with Gasteiger partial charge in [-0.05, 0) is 38.5 Å². The van der Waals surface area contributed by atoms with Crippen molar-refractivity contribution in [1.82, 2.24) is 9.78 Å². The molecule has 1 aliphatic carbocycles. The van der Waals surface area contributed by atoms with Crippen LogP contribution in [0.5, 0.6) is 0 Å². The van der Waals surface area contributed by atoms with E-state index in [4.69, 9.17) is 4.74 Å². The lowest BCUT2D eigenvalue weighted by Crippen LogP contribution is -2.26. The molecule has 0 N–H and O–H groups in total. The minimum Gasteiger partial charge on any atom is -0.370 e. The summed E-state index contributed by atoms with van der Waals surface area (Å²) in [6, 6.07) is 0.671. The molecule has 0 bridgehead atoms. The second-order valence-corrected chi connectivity index (χ2v) is 6.29. The number of alkyl halides is 1. The van der Waals surface area contributed by atoms with Crippen LogP contribution in [0.3, 0.4) is 0 Å². The van der Waals surface area contributed by atoms with Gasteiger partial charge in [0.15, 0.2) is 0 Å². The van der Waals surface area contributed by atoms with Gasteiger partial charge in [-0.1, -0.05) is 22.6 Å². The monoisotopic (exact) mass is 346 g/mol. The SMILES string of the molecule is CC1CC(CI)CC(c2cnn(C3CC3)c2)O1. The van der Waals surface area contributed by atoms with E-state index in [1.165, 1.54) is 29.3 Å². The molecule has 1 aromatic rings. The van der Waals surface area contributed by atoms with Crippen molar-refractivity contribution < 1.29 is 4.74 Å². The Kier molecular flexibility index (Phi) is 3.43. The summed E-state index contributed by atoms with van der Waals surface area (Å²) in [5.74, 6) is 0.800. The van der Waals surface area contributed by atoms with Gasteiger partial charge in [-0.25, -0.2) is 0 Å². The molecule has 4 heteroatoms. The Morgan fingerprint density at radius 2 is 2.29 bits per heavy atom. The van der Waals surface area contributed by atoms with Crippen molar-refractivity contribution in [3.8, 4) is 0 Å². The normalized spacial score (nSPS) is 33.9. The van der Waals surface area contributed by atoms with Gasteiger partial charge in [0.25, 0.3) is 0 Å². The van der Waals surface area contributed by atoms with Crippen LogP contribution in [-0.2, 0) is 4.74 Å². The molecule has 17 heavy (non-hydrogen) atoms. The zero-order chi connectivity index (χ0) is 11.8. The molecule has 2 heterocycles. The number of rotatable bonds is 3. The van der Waals surface area contributed by atoms with Crippen molar-refractivity contribution in [2.75, 3.05) is 4.43 Å². The van der Waals surface area contributed by atoms with Gasteiger partial charge >= 0.3 is 0 Å². The largest absolute Gasteiger partial charge is 0.370 e. The topological polar surface area (TPSA) is 27.1 Å². The van der Waals surface area contributed by atoms with E-state index in [-0.39, 0.29) is 6.10 Å². The first-order chi connectivity index (χ1) is 8.26. The molecule has 0 spiro atoms. The van der Waals surface area contributed by atoms with E-state index in [2.05, 4.69) is 45.5 Å². The summed E-state index contributed by atoms with van der Waals surface area (Å²) in [7, 11) is 0. The Balaban J connectivity index is 1.72. The zero-order valence-corrected chi connectivity index (χ0v) is 12.3. The zero-order valence-electron chi connectivity index (χ0n) is 10.2. The van der Waals surface area contributed by atoms with E-state index in [9.17, 15) is 0 Å². The highest BCUT2D eigenvalue weighted by Crippen LogP contribution is 2.38. The Bertz CT molecular complexity index is 389. The van der Waals surface area contributed by atoms with E-state index in [0.29, 0.717) is 12.1 Å².